The number of rotatable bonds is 6. The van der Waals surface area contributed by atoms with Gasteiger partial charge in [0.25, 0.3) is 0 Å². The summed E-state index contributed by atoms with van der Waals surface area (Å²) in [6.45, 7) is 3.24. The molecule has 1 aliphatic heterocycles. The second kappa shape index (κ2) is 11.0. The first-order chi connectivity index (χ1) is 17.2. The van der Waals surface area contributed by atoms with E-state index < -0.39 is 38.9 Å². The van der Waals surface area contributed by atoms with Crippen LogP contribution in [-0.2, 0) is 24.2 Å². The Hall–Kier alpha value is -2.93. The molecule has 2 aromatic carbocycles. The summed E-state index contributed by atoms with van der Waals surface area (Å²) < 4.78 is 32.6. The number of aryl methyl sites for hydroxylation is 1. The summed E-state index contributed by atoms with van der Waals surface area (Å²) in [7, 11) is -3.83. The zero-order chi connectivity index (χ0) is 25.9. The predicted octanol–water partition coefficient (Wildman–Crippen LogP) is 3.06. The van der Waals surface area contributed by atoms with Crippen LogP contribution in [0.25, 0.3) is 0 Å². The highest BCUT2D eigenvalue weighted by atomic mass is 35.5. The van der Waals surface area contributed by atoms with Gasteiger partial charge in [0, 0.05) is 18.1 Å². The fraction of sp³-hybridized carbons (Fsp3) is 0.423. The highest BCUT2D eigenvalue weighted by Crippen LogP contribution is 2.40. The fourth-order valence-corrected chi connectivity index (χ4v) is 7.29. The Bertz CT molecular complexity index is 1270. The number of hydrogen-bond acceptors (Lipinski definition) is 6. The molecule has 2 amide bonds. The smallest absolute Gasteiger partial charge is 0.226 e. The number of nitriles is 1. The number of sulfone groups is 1. The third-order valence-corrected chi connectivity index (χ3v) is 9.50. The van der Waals surface area contributed by atoms with Crippen molar-refractivity contribution in [2.75, 3.05) is 26.3 Å². The van der Waals surface area contributed by atoms with Crippen LogP contribution in [0.5, 0.6) is 0 Å². The van der Waals surface area contributed by atoms with Gasteiger partial charge < -0.3 is 15.0 Å². The number of morpholine rings is 1. The lowest BCUT2D eigenvalue weighted by Crippen LogP contribution is -2.46. The third-order valence-electron chi connectivity index (χ3n) is 6.93. The highest BCUT2D eigenvalue weighted by molar-refractivity contribution is 7.92. The van der Waals surface area contributed by atoms with E-state index in [1.807, 2.05) is 6.07 Å². The fourth-order valence-electron chi connectivity index (χ4n) is 5.02. The zero-order valence-electron chi connectivity index (χ0n) is 19.9. The molecule has 0 bridgehead atoms. The molecular formula is C26H28ClN3O5S. The predicted molar refractivity (Wildman–Crippen MR) is 134 cm³/mol. The van der Waals surface area contributed by atoms with E-state index in [1.54, 1.807) is 42.2 Å². The molecule has 190 valence electrons. The molecule has 0 aromatic heterocycles. The van der Waals surface area contributed by atoms with Crippen molar-refractivity contribution in [1.29, 1.82) is 5.26 Å². The molecule has 1 N–H and O–H groups in total. The minimum Gasteiger partial charge on any atom is -0.378 e. The number of amides is 2. The van der Waals surface area contributed by atoms with Crippen LogP contribution >= 0.6 is 11.6 Å². The van der Waals surface area contributed by atoms with Crippen molar-refractivity contribution in [3.8, 4) is 6.07 Å². The summed E-state index contributed by atoms with van der Waals surface area (Å²) >= 11 is 6.02. The van der Waals surface area contributed by atoms with E-state index in [1.165, 1.54) is 12.1 Å². The summed E-state index contributed by atoms with van der Waals surface area (Å²) in [5.41, 5.74) is 1.13. The van der Waals surface area contributed by atoms with Gasteiger partial charge in [-0.25, -0.2) is 8.42 Å². The SMILES string of the molecule is Cc1cc(Cl)ccc1S(=O)(=O)C1CC(C(=O)NC(C#N)c2ccccc2)C(C(=O)N2CCOCC2)C1. The Morgan fingerprint density at radius 1 is 1.11 bits per heavy atom. The Labute approximate surface area is 216 Å². The van der Waals surface area contributed by atoms with Crippen LogP contribution in [0.3, 0.4) is 0 Å². The first-order valence-electron chi connectivity index (χ1n) is 11.8. The van der Waals surface area contributed by atoms with Crippen molar-refractivity contribution in [1.82, 2.24) is 10.2 Å². The Morgan fingerprint density at radius 3 is 2.42 bits per heavy atom. The van der Waals surface area contributed by atoms with Crippen molar-refractivity contribution >= 4 is 33.3 Å². The molecule has 2 fully saturated rings. The summed E-state index contributed by atoms with van der Waals surface area (Å²) in [6, 6.07) is 14.6. The number of ether oxygens (including phenoxy) is 1. The number of nitrogens with one attached hydrogen (secondary N) is 1. The Balaban J connectivity index is 1.62. The zero-order valence-corrected chi connectivity index (χ0v) is 21.5. The molecule has 1 saturated carbocycles. The average molecular weight is 530 g/mol. The van der Waals surface area contributed by atoms with Gasteiger partial charge in [-0.1, -0.05) is 41.9 Å². The lowest BCUT2D eigenvalue weighted by molar-refractivity contribution is -0.144. The third kappa shape index (κ3) is 5.41. The van der Waals surface area contributed by atoms with Crippen LogP contribution in [0.1, 0.15) is 30.0 Å². The Kier molecular flexibility index (Phi) is 7.98. The topological polar surface area (TPSA) is 117 Å². The molecule has 4 rings (SSSR count). The van der Waals surface area contributed by atoms with Gasteiger partial charge in [-0.15, -0.1) is 0 Å². The largest absolute Gasteiger partial charge is 0.378 e. The molecule has 4 unspecified atom stereocenters. The van der Waals surface area contributed by atoms with E-state index in [0.29, 0.717) is 42.5 Å². The highest BCUT2D eigenvalue weighted by Gasteiger charge is 2.49. The minimum atomic E-state index is -3.83. The van der Waals surface area contributed by atoms with Gasteiger partial charge in [0.2, 0.25) is 11.8 Å². The van der Waals surface area contributed by atoms with E-state index in [0.717, 1.165) is 0 Å². The molecule has 0 radical (unpaired) electrons. The number of halogens is 1. The van der Waals surface area contributed by atoms with E-state index in [-0.39, 0.29) is 23.6 Å². The van der Waals surface area contributed by atoms with Crippen LogP contribution < -0.4 is 5.32 Å². The van der Waals surface area contributed by atoms with Crippen LogP contribution in [0.2, 0.25) is 5.02 Å². The van der Waals surface area contributed by atoms with Crippen molar-refractivity contribution in [2.24, 2.45) is 11.8 Å². The lowest BCUT2D eigenvalue weighted by Gasteiger charge is -2.31. The van der Waals surface area contributed by atoms with Crippen LogP contribution in [0.4, 0.5) is 0 Å². The number of nitrogens with zero attached hydrogens (tertiary/aromatic N) is 2. The number of benzene rings is 2. The summed E-state index contributed by atoms with van der Waals surface area (Å²) in [5, 5.41) is 11.9. The van der Waals surface area contributed by atoms with Gasteiger partial charge in [0.1, 0.15) is 6.04 Å². The van der Waals surface area contributed by atoms with Crippen molar-refractivity contribution < 1.29 is 22.7 Å². The van der Waals surface area contributed by atoms with Crippen LogP contribution in [0.15, 0.2) is 53.4 Å². The average Bonchev–Trinajstić information content (AvgIpc) is 3.34. The molecule has 2 aromatic rings. The maximum atomic E-state index is 13.6. The molecule has 2 aliphatic rings. The monoisotopic (exact) mass is 529 g/mol. The van der Waals surface area contributed by atoms with E-state index in [2.05, 4.69) is 11.4 Å². The van der Waals surface area contributed by atoms with Gasteiger partial charge in [0.15, 0.2) is 9.84 Å². The molecule has 1 saturated heterocycles. The Morgan fingerprint density at radius 2 is 1.78 bits per heavy atom. The molecule has 8 nitrogen and oxygen atoms in total. The second-order valence-electron chi connectivity index (χ2n) is 9.18. The van der Waals surface area contributed by atoms with E-state index in [9.17, 15) is 23.3 Å². The number of carbonyl (C=O) groups excluding carboxylic acids is 2. The summed E-state index contributed by atoms with van der Waals surface area (Å²) in [5.74, 6) is -2.45. The standard InChI is InChI=1S/C26H28ClN3O5S/c1-17-13-19(27)7-8-24(17)36(33,34)20-14-21(22(15-20)26(32)30-9-11-35-12-10-30)25(31)29-23(16-28)18-5-3-2-4-6-18/h2-8,13,20-23H,9-12,14-15H2,1H3,(H,29,31). The molecule has 4 atom stereocenters. The van der Waals surface area contributed by atoms with Gasteiger partial charge in [-0.3, -0.25) is 9.59 Å². The minimum absolute atomic E-state index is 0.0100. The molecule has 10 heteroatoms. The van der Waals surface area contributed by atoms with Gasteiger partial charge in [0.05, 0.1) is 41.3 Å². The molecular weight excluding hydrogens is 502 g/mol. The maximum absolute atomic E-state index is 13.6. The van der Waals surface area contributed by atoms with Crippen LogP contribution in [0, 0.1) is 30.1 Å². The summed E-state index contributed by atoms with van der Waals surface area (Å²) in [6.07, 6.45) is 0.0190. The maximum Gasteiger partial charge on any atom is 0.226 e. The van der Waals surface area contributed by atoms with Gasteiger partial charge >= 0.3 is 0 Å². The van der Waals surface area contributed by atoms with Crippen molar-refractivity contribution in [3.05, 3.63) is 64.7 Å². The lowest BCUT2D eigenvalue weighted by atomic mass is 9.93. The summed E-state index contributed by atoms with van der Waals surface area (Å²) in [4.78, 5) is 28.7. The van der Waals surface area contributed by atoms with E-state index >= 15 is 0 Å². The van der Waals surface area contributed by atoms with Crippen molar-refractivity contribution in [3.63, 3.8) is 0 Å². The first kappa shape index (κ1) is 26.1. The quantitative estimate of drug-likeness (QED) is 0.614. The van der Waals surface area contributed by atoms with Gasteiger partial charge in [-0.2, -0.15) is 5.26 Å². The van der Waals surface area contributed by atoms with Crippen LogP contribution in [-0.4, -0.2) is 56.7 Å². The second-order valence-corrected chi connectivity index (χ2v) is 11.8. The number of hydrogen-bond donors (Lipinski definition) is 1. The van der Waals surface area contributed by atoms with Crippen molar-refractivity contribution in [2.45, 2.75) is 36.0 Å². The van der Waals surface area contributed by atoms with E-state index in [4.69, 9.17) is 16.3 Å². The molecule has 1 heterocycles. The normalized spacial score (nSPS) is 23.0. The molecule has 36 heavy (non-hydrogen) atoms. The molecule has 0 spiro atoms. The first-order valence-corrected chi connectivity index (χ1v) is 13.8. The van der Waals surface area contributed by atoms with Gasteiger partial charge in [-0.05, 0) is 49.1 Å². The number of carbonyl (C=O) groups is 2. The molecule has 1 aliphatic carbocycles.